The van der Waals surface area contributed by atoms with Gasteiger partial charge < -0.3 is 19.8 Å². The summed E-state index contributed by atoms with van der Waals surface area (Å²) in [4.78, 5) is 49.0. The van der Waals surface area contributed by atoms with E-state index in [2.05, 4.69) is 58.3 Å². The number of hydrogen-bond acceptors (Lipinski definition) is 6. The van der Waals surface area contributed by atoms with Gasteiger partial charge in [0.15, 0.2) is 5.65 Å². The van der Waals surface area contributed by atoms with E-state index in [1.165, 1.54) is 5.56 Å². The van der Waals surface area contributed by atoms with Gasteiger partial charge >= 0.3 is 5.97 Å². The molecule has 1 aromatic carbocycles. The monoisotopic (exact) mass is 584 g/mol. The van der Waals surface area contributed by atoms with Crippen LogP contribution in [0.1, 0.15) is 67.7 Å². The van der Waals surface area contributed by atoms with E-state index >= 15 is 0 Å². The summed E-state index contributed by atoms with van der Waals surface area (Å²) in [5.41, 5.74) is 3.29. The molecule has 43 heavy (non-hydrogen) atoms. The number of likely N-dealkylation sites (tertiary alicyclic amines) is 2. The Hall–Kier alpha value is -3.95. The number of nitrogens with zero attached hydrogens (tertiary/aromatic N) is 6. The number of benzene rings is 1. The molecule has 1 N–H and O–H groups in total. The molecule has 10 nitrogen and oxygen atoms in total. The number of pyridine rings is 1. The Labute approximate surface area is 251 Å². The molecule has 7 rings (SSSR count). The molecule has 4 fully saturated rings. The zero-order valence-corrected chi connectivity index (χ0v) is 25.3. The lowest BCUT2D eigenvalue weighted by Crippen LogP contribution is -2.49. The number of carbonyl (C=O) groups is 3. The van der Waals surface area contributed by atoms with Crippen LogP contribution in [0.2, 0.25) is 0 Å². The predicted octanol–water partition coefficient (Wildman–Crippen LogP) is 3.77. The summed E-state index contributed by atoms with van der Waals surface area (Å²) in [6.07, 6.45) is 5.55. The molecular weight excluding hydrogens is 544 g/mol. The summed E-state index contributed by atoms with van der Waals surface area (Å²) in [6.45, 7) is 10.4. The van der Waals surface area contributed by atoms with Crippen molar-refractivity contribution in [2.45, 2.75) is 58.3 Å². The minimum Gasteiger partial charge on any atom is -0.481 e. The lowest BCUT2D eigenvalue weighted by atomic mass is 9.63. The van der Waals surface area contributed by atoms with Crippen molar-refractivity contribution in [1.82, 2.24) is 24.4 Å². The number of anilines is 1. The van der Waals surface area contributed by atoms with E-state index < -0.39 is 11.4 Å². The third-order valence-electron chi connectivity index (χ3n) is 10.8. The smallest absolute Gasteiger partial charge is 0.309 e. The van der Waals surface area contributed by atoms with Crippen LogP contribution < -0.4 is 4.90 Å². The maximum absolute atomic E-state index is 13.6. The van der Waals surface area contributed by atoms with E-state index in [1.807, 2.05) is 22.9 Å². The topological polar surface area (TPSA) is 111 Å². The number of amides is 2. The summed E-state index contributed by atoms with van der Waals surface area (Å²) in [5, 5.41) is 14.1. The second-order valence-corrected chi connectivity index (χ2v) is 14.1. The molecule has 0 unspecified atom stereocenters. The van der Waals surface area contributed by atoms with Gasteiger partial charge in [0.1, 0.15) is 0 Å². The molecule has 1 spiro atoms. The molecule has 2 atom stereocenters. The third kappa shape index (κ3) is 4.66. The van der Waals surface area contributed by atoms with Crippen LogP contribution in [-0.4, -0.2) is 86.6 Å². The fourth-order valence-electron chi connectivity index (χ4n) is 7.99. The normalized spacial score (nSPS) is 30.4. The van der Waals surface area contributed by atoms with E-state index in [0.717, 1.165) is 43.6 Å². The molecule has 3 saturated heterocycles. The highest BCUT2D eigenvalue weighted by Crippen LogP contribution is 2.48. The zero-order valence-electron chi connectivity index (χ0n) is 25.3. The van der Waals surface area contributed by atoms with Gasteiger partial charge in [0, 0.05) is 56.0 Å². The number of rotatable bonds is 5. The minimum absolute atomic E-state index is 0.0655. The molecule has 1 saturated carbocycles. The highest BCUT2D eigenvalue weighted by atomic mass is 16.4. The van der Waals surface area contributed by atoms with Gasteiger partial charge in [0.2, 0.25) is 11.7 Å². The highest BCUT2D eigenvalue weighted by Gasteiger charge is 2.53. The van der Waals surface area contributed by atoms with Crippen molar-refractivity contribution < 1.29 is 19.5 Å². The summed E-state index contributed by atoms with van der Waals surface area (Å²) < 4.78 is 1.75. The van der Waals surface area contributed by atoms with Gasteiger partial charge in [-0.15, -0.1) is 5.10 Å². The van der Waals surface area contributed by atoms with Crippen molar-refractivity contribution in [2.75, 3.05) is 44.2 Å². The molecule has 3 aromatic rings. The zero-order chi connectivity index (χ0) is 30.1. The summed E-state index contributed by atoms with van der Waals surface area (Å²) in [5.74, 6) is -0.927. The Morgan fingerprint density at radius 2 is 1.63 bits per heavy atom. The molecule has 5 heterocycles. The third-order valence-corrected chi connectivity index (χ3v) is 10.8. The molecule has 0 radical (unpaired) electrons. The SMILES string of the molecule is Cc1cc(N2CC[C@](C)(c3ccccc3)C2)cn2nc(C(=O)N3CC[C@@]4(CCN(C(=O)C5CC(C)(C(=O)O)C5)C4)C3)nc12. The van der Waals surface area contributed by atoms with Gasteiger partial charge in [0.05, 0.1) is 17.3 Å². The van der Waals surface area contributed by atoms with Crippen molar-refractivity contribution in [1.29, 1.82) is 0 Å². The molecule has 10 heteroatoms. The van der Waals surface area contributed by atoms with Crippen molar-refractivity contribution >= 4 is 29.1 Å². The molecule has 3 aliphatic heterocycles. The van der Waals surface area contributed by atoms with Gasteiger partial charge in [-0.2, -0.15) is 0 Å². The van der Waals surface area contributed by atoms with Gasteiger partial charge in [-0.3, -0.25) is 14.4 Å². The first-order valence-corrected chi connectivity index (χ1v) is 15.5. The fourth-order valence-corrected chi connectivity index (χ4v) is 7.99. The van der Waals surface area contributed by atoms with Crippen LogP contribution >= 0.6 is 0 Å². The van der Waals surface area contributed by atoms with Crippen LogP contribution in [0.5, 0.6) is 0 Å². The molecule has 2 aromatic heterocycles. The Morgan fingerprint density at radius 1 is 0.930 bits per heavy atom. The first-order chi connectivity index (χ1) is 20.5. The van der Waals surface area contributed by atoms with Crippen LogP contribution in [0, 0.1) is 23.7 Å². The second kappa shape index (κ2) is 9.79. The highest BCUT2D eigenvalue weighted by molar-refractivity contribution is 5.91. The number of aryl methyl sites for hydroxylation is 1. The Morgan fingerprint density at radius 3 is 2.35 bits per heavy atom. The number of fused-ring (bicyclic) bond motifs is 1. The predicted molar refractivity (Wildman–Crippen MR) is 161 cm³/mol. The first kappa shape index (κ1) is 27.9. The Balaban J connectivity index is 1.02. The van der Waals surface area contributed by atoms with Crippen molar-refractivity contribution in [3.8, 4) is 0 Å². The van der Waals surface area contributed by atoms with Crippen LogP contribution in [0.15, 0.2) is 42.6 Å². The average molecular weight is 585 g/mol. The molecule has 226 valence electrons. The van der Waals surface area contributed by atoms with Gasteiger partial charge in [-0.1, -0.05) is 37.3 Å². The lowest BCUT2D eigenvalue weighted by molar-refractivity contribution is -0.161. The van der Waals surface area contributed by atoms with Crippen LogP contribution in [0.3, 0.4) is 0 Å². The molecule has 4 aliphatic rings. The Bertz CT molecular complexity index is 1610. The molecular formula is C33H40N6O4. The summed E-state index contributed by atoms with van der Waals surface area (Å²) in [7, 11) is 0. The molecule has 1 aliphatic carbocycles. The average Bonchev–Trinajstić information content (AvgIpc) is 3.78. The van der Waals surface area contributed by atoms with Crippen LogP contribution in [0.25, 0.3) is 5.65 Å². The standard InChI is InChI=1S/C33H40N6O4/c1-22-15-25(36-12-9-31(2,19-36)24-7-5-4-6-8-24)18-39-27(22)34-26(35-39)29(41)38-14-11-33(21-38)10-13-37(20-33)28(40)23-16-32(3,17-23)30(42)43/h4-8,15,18,23H,9-14,16-17,19-21H2,1-3H3,(H,42,43)/t23?,31-,32?,33+/m0/s1. The van der Waals surface area contributed by atoms with E-state index in [1.54, 1.807) is 11.4 Å². The number of carbonyl (C=O) groups excluding carboxylic acids is 2. The maximum Gasteiger partial charge on any atom is 0.309 e. The van der Waals surface area contributed by atoms with E-state index in [-0.39, 0.29) is 34.4 Å². The van der Waals surface area contributed by atoms with Gasteiger partial charge in [-0.25, -0.2) is 9.50 Å². The number of hydrogen-bond donors (Lipinski definition) is 1. The van der Waals surface area contributed by atoms with Crippen molar-refractivity contribution in [2.24, 2.45) is 16.7 Å². The van der Waals surface area contributed by atoms with E-state index in [9.17, 15) is 19.5 Å². The molecule has 0 bridgehead atoms. The number of carboxylic acid groups (broad SMARTS) is 1. The van der Waals surface area contributed by atoms with Crippen molar-refractivity contribution in [3.63, 3.8) is 0 Å². The Kier molecular flexibility index (Phi) is 6.34. The largest absolute Gasteiger partial charge is 0.481 e. The number of aliphatic carboxylic acids is 1. The second-order valence-electron chi connectivity index (χ2n) is 14.1. The lowest BCUT2D eigenvalue weighted by Gasteiger charge is -2.42. The summed E-state index contributed by atoms with van der Waals surface area (Å²) >= 11 is 0. The summed E-state index contributed by atoms with van der Waals surface area (Å²) in [6, 6.07) is 12.8. The maximum atomic E-state index is 13.6. The quantitative estimate of drug-likeness (QED) is 0.486. The van der Waals surface area contributed by atoms with Gasteiger partial charge in [0.25, 0.3) is 5.91 Å². The van der Waals surface area contributed by atoms with Crippen LogP contribution in [-0.2, 0) is 15.0 Å². The van der Waals surface area contributed by atoms with Crippen molar-refractivity contribution in [3.05, 3.63) is 59.5 Å². The molecule has 2 amide bonds. The number of aromatic nitrogens is 3. The number of carboxylic acids is 1. The van der Waals surface area contributed by atoms with Gasteiger partial charge in [-0.05, 0) is 63.1 Å². The minimum atomic E-state index is -0.826. The fraction of sp³-hybridized carbons (Fsp3) is 0.545. The van der Waals surface area contributed by atoms with Crippen LogP contribution in [0.4, 0.5) is 5.69 Å². The van der Waals surface area contributed by atoms with E-state index in [4.69, 9.17) is 0 Å². The first-order valence-electron chi connectivity index (χ1n) is 15.5. The van der Waals surface area contributed by atoms with E-state index in [0.29, 0.717) is 44.7 Å².